The van der Waals surface area contributed by atoms with E-state index in [0.29, 0.717) is 17.9 Å². The molecule has 2 fully saturated rings. The minimum Gasteiger partial charge on any atom is -0.374 e. The summed E-state index contributed by atoms with van der Waals surface area (Å²) in [6, 6.07) is 0.629. The van der Waals surface area contributed by atoms with E-state index in [-0.39, 0.29) is 12.2 Å². The van der Waals surface area contributed by atoms with E-state index < -0.39 is 0 Å². The first kappa shape index (κ1) is 14.8. The fourth-order valence-corrected chi connectivity index (χ4v) is 3.66. The Morgan fingerprint density at radius 1 is 1.19 bits per heavy atom. The average molecular weight is 293 g/mol. The smallest absolute Gasteiger partial charge is 0.244 e. The first-order chi connectivity index (χ1) is 10.1. The average Bonchev–Trinajstić information content (AvgIpc) is 3.05. The number of nitrogens with one attached hydrogen (secondary N) is 2. The molecule has 3 rings (SSSR count). The maximum absolute atomic E-state index is 5.91. The van der Waals surface area contributed by atoms with Crippen LogP contribution in [0.4, 0.5) is 5.95 Å². The maximum Gasteiger partial charge on any atom is 0.244 e. The van der Waals surface area contributed by atoms with Crippen LogP contribution in [0.3, 0.4) is 0 Å². The number of aromatic amines is 1. The van der Waals surface area contributed by atoms with Crippen LogP contribution in [0.2, 0.25) is 0 Å². The second-order valence-electron chi connectivity index (χ2n) is 6.50. The van der Waals surface area contributed by atoms with E-state index in [2.05, 4.69) is 41.2 Å². The highest BCUT2D eigenvalue weighted by molar-refractivity contribution is 5.30. The van der Waals surface area contributed by atoms with Gasteiger partial charge in [-0.25, -0.2) is 0 Å². The van der Waals surface area contributed by atoms with Crippen molar-refractivity contribution in [1.29, 1.82) is 0 Å². The lowest BCUT2D eigenvalue weighted by Gasteiger charge is -2.30. The monoisotopic (exact) mass is 293 g/mol. The van der Waals surface area contributed by atoms with E-state index in [1.165, 1.54) is 0 Å². The third kappa shape index (κ3) is 2.79. The molecule has 118 valence electrons. The largest absolute Gasteiger partial charge is 0.374 e. The molecule has 3 heterocycles. The van der Waals surface area contributed by atoms with Crippen LogP contribution in [0.25, 0.3) is 0 Å². The van der Waals surface area contributed by atoms with Gasteiger partial charge >= 0.3 is 0 Å². The Hall–Kier alpha value is -1.14. The Morgan fingerprint density at radius 2 is 1.90 bits per heavy atom. The van der Waals surface area contributed by atoms with Crippen molar-refractivity contribution in [2.45, 2.75) is 57.8 Å². The number of aromatic nitrogens is 3. The van der Waals surface area contributed by atoms with Crippen molar-refractivity contribution in [3.63, 3.8) is 0 Å². The van der Waals surface area contributed by atoms with Crippen molar-refractivity contribution in [3.05, 3.63) is 5.82 Å². The number of ether oxygens (including phenoxy) is 1. The third-order valence-electron chi connectivity index (χ3n) is 5.23. The standard InChI is InChI=1S/C15H27N5O/c1-9-10(2)21-11(3)13(9)14-17-15(19-18-14)20-7-5-12(16-4)6-8-20/h9-13,16H,5-8H2,1-4H3,(H,17,18,19). The Balaban J connectivity index is 1.69. The van der Waals surface area contributed by atoms with Gasteiger partial charge in [-0.2, -0.15) is 4.98 Å². The predicted molar refractivity (Wildman–Crippen MR) is 82.6 cm³/mol. The van der Waals surface area contributed by atoms with Crippen LogP contribution < -0.4 is 10.2 Å². The van der Waals surface area contributed by atoms with Crippen LogP contribution in [0, 0.1) is 5.92 Å². The number of hydrogen-bond donors (Lipinski definition) is 2. The summed E-state index contributed by atoms with van der Waals surface area (Å²) in [6.45, 7) is 8.54. The van der Waals surface area contributed by atoms with Crippen molar-refractivity contribution in [2.24, 2.45) is 5.92 Å². The molecule has 6 heteroatoms. The summed E-state index contributed by atoms with van der Waals surface area (Å²) < 4.78 is 5.91. The third-order valence-corrected chi connectivity index (χ3v) is 5.23. The first-order valence-corrected chi connectivity index (χ1v) is 8.10. The fraction of sp³-hybridized carbons (Fsp3) is 0.867. The fourth-order valence-electron chi connectivity index (χ4n) is 3.66. The maximum atomic E-state index is 5.91. The van der Waals surface area contributed by atoms with Gasteiger partial charge in [0.25, 0.3) is 0 Å². The minimum absolute atomic E-state index is 0.200. The molecule has 6 nitrogen and oxygen atoms in total. The van der Waals surface area contributed by atoms with Gasteiger partial charge in [-0.3, -0.25) is 5.10 Å². The van der Waals surface area contributed by atoms with Crippen molar-refractivity contribution in [1.82, 2.24) is 20.5 Å². The Labute approximate surface area is 126 Å². The molecule has 0 aromatic carbocycles. The summed E-state index contributed by atoms with van der Waals surface area (Å²) in [6.07, 6.45) is 2.78. The molecule has 4 unspecified atom stereocenters. The van der Waals surface area contributed by atoms with Gasteiger partial charge in [0.2, 0.25) is 5.95 Å². The number of piperidine rings is 1. The minimum atomic E-state index is 0.200. The van der Waals surface area contributed by atoms with Gasteiger partial charge in [-0.05, 0) is 39.7 Å². The molecule has 2 aliphatic rings. The second kappa shape index (κ2) is 5.93. The van der Waals surface area contributed by atoms with Crippen LogP contribution in [0.5, 0.6) is 0 Å². The number of anilines is 1. The van der Waals surface area contributed by atoms with E-state index in [9.17, 15) is 0 Å². The van der Waals surface area contributed by atoms with Gasteiger partial charge in [0.15, 0.2) is 0 Å². The first-order valence-electron chi connectivity index (χ1n) is 8.10. The molecule has 0 aliphatic carbocycles. The molecule has 2 aliphatic heterocycles. The molecular formula is C15H27N5O. The highest BCUT2D eigenvalue weighted by atomic mass is 16.5. The van der Waals surface area contributed by atoms with Crippen LogP contribution in [-0.4, -0.2) is 53.6 Å². The van der Waals surface area contributed by atoms with Gasteiger partial charge in [0.1, 0.15) is 5.82 Å². The van der Waals surface area contributed by atoms with Crippen molar-refractivity contribution < 1.29 is 4.74 Å². The molecule has 1 aromatic rings. The van der Waals surface area contributed by atoms with E-state index >= 15 is 0 Å². The predicted octanol–water partition coefficient (Wildman–Crippen LogP) is 1.52. The van der Waals surface area contributed by atoms with E-state index in [4.69, 9.17) is 9.72 Å². The van der Waals surface area contributed by atoms with Gasteiger partial charge in [-0.15, -0.1) is 5.10 Å². The molecular weight excluding hydrogens is 266 g/mol. The van der Waals surface area contributed by atoms with Gasteiger partial charge in [0, 0.05) is 25.0 Å². The molecule has 0 amide bonds. The lowest BCUT2D eigenvalue weighted by Crippen LogP contribution is -2.41. The molecule has 1 aromatic heterocycles. The quantitative estimate of drug-likeness (QED) is 0.884. The zero-order chi connectivity index (χ0) is 15.0. The summed E-state index contributed by atoms with van der Waals surface area (Å²) in [5.74, 6) is 2.61. The number of H-pyrrole nitrogens is 1. The van der Waals surface area contributed by atoms with Crippen molar-refractivity contribution in [2.75, 3.05) is 25.0 Å². The lowest BCUT2D eigenvalue weighted by atomic mass is 9.89. The zero-order valence-electron chi connectivity index (χ0n) is 13.5. The highest BCUT2D eigenvalue weighted by Gasteiger charge is 2.40. The van der Waals surface area contributed by atoms with Crippen LogP contribution in [-0.2, 0) is 4.74 Å². The molecule has 0 bridgehead atoms. The van der Waals surface area contributed by atoms with Gasteiger partial charge < -0.3 is 15.0 Å². The Kier molecular flexibility index (Phi) is 4.17. The SMILES string of the molecule is CNC1CCN(c2n[nH]c(C3C(C)OC(C)C3C)n2)CC1. The van der Waals surface area contributed by atoms with Crippen molar-refractivity contribution in [3.8, 4) is 0 Å². The number of nitrogens with zero attached hydrogens (tertiary/aromatic N) is 3. The van der Waals surface area contributed by atoms with Crippen LogP contribution in [0.15, 0.2) is 0 Å². The molecule has 21 heavy (non-hydrogen) atoms. The van der Waals surface area contributed by atoms with E-state index in [0.717, 1.165) is 37.7 Å². The second-order valence-corrected chi connectivity index (χ2v) is 6.50. The van der Waals surface area contributed by atoms with E-state index in [1.54, 1.807) is 0 Å². The molecule has 0 radical (unpaired) electrons. The van der Waals surface area contributed by atoms with Crippen LogP contribution in [0.1, 0.15) is 45.4 Å². The summed E-state index contributed by atoms with van der Waals surface area (Å²) in [7, 11) is 2.04. The van der Waals surface area contributed by atoms with Gasteiger partial charge in [-0.1, -0.05) is 6.92 Å². The molecule has 2 saturated heterocycles. The highest BCUT2D eigenvalue weighted by Crippen LogP contribution is 2.38. The molecule has 0 saturated carbocycles. The summed E-state index contributed by atoms with van der Waals surface area (Å²) in [5.41, 5.74) is 0. The zero-order valence-corrected chi connectivity index (χ0v) is 13.5. The number of hydrogen-bond acceptors (Lipinski definition) is 5. The van der Waals surface area contributed by atoms with Crippen molar-refractivity contribution >= 4 is 5.95 Å². The normalized spacial score (nSPS) is 34.6. The topological polar surface area (TPSA) is 66.1 Å². The summed E-state index contributed by atoms with van der Waals surface area (Å²) in [5, 5.41) is 10.9. The summed E-state index contributed by atoms with van der Waals surface area (Å²) >= 11 is 0. The van der Waals surface area contributed by atoms with Gasteiger partial charge in [0.05, 0.1) is 12.2 Å². The molecule has 2 N–H and O–H groups in total. The Morgan fingerprint density at radius 3 is 2.48 bits per heavy atom. The molecule has 4 atom stereocenters. The molecule has 0 spiro atoms. The summed E-state index contributed by atoms with van der Waals surface area (Å²) in [4.78, 5) is 7.04. The van der Waals surface area contributed by atoms with Crippen LogP contribution >= 0.6 is 0 Å². The van der Waals surface area contributed by atoms with E-state index in [1.807, 2.05) is 7.05 Å². The Bertz CT molecular complexity index is 468. The lowest BCUT2D eigenvalue weighted by molar-refractivity contribution is 0.0553. The number of rotatable bonds is 3.